The minimum absolute atomic E-state index is 0.0924. The summed E-state index contributed by atoms with van der Waals surface area (Å²) in [6.45, 7) is 8.80. The first-order valence-electron chi connectivity index (χ1n) is 10.5. The number of hydrogen-bond donors (Lipinski definition) is 0. The monoisotopic (exact) mass is 435 g/mol. The highest BCUT2D eigenvalue weighted by molar-refractivity contribution is 7.89. The summed E-state index contributed by atoms with van der Waals surface area (Å²) in [6, 6.07) is 1.75. The Bertz CT molecular complexity index is 1020. The van der Waals surface area contributed by atoms with Gasteiger partial charge in [-0.15, -0.1) is 10.2 Å². The third kappa shape index (κ3) is 3.76. The summed E-state index contributed by atoms with van der Waals surface area (Å²) in [7, 11) is -3.21. The summed E-state index contributed by atoms with van der Waals surface area (Å²) >= 11 is 0. The molecule has 0 unspecified atom stereocenters. The van der Waals surface area contributed by atoms with Gasteiger partial charge in [0.25, 0.3) is 5.91 Å². The molecule has 4 rings (SSSR count). The van der Waals surface area contributed by atoms with Gasteiger partial charge in [-0.05, 0) is 39.7 Å². The third-order valence-corrected chi connectivity index (χ3v) is 8.30. The molecule has 0 bridgehead atoms. The van der Waals surface area contributed by atoms with E-state index in [2.05, 4.69) is 19.9 Å². The first-order chi connectivity index (χ1) is 14.3. The van der Waals surface area contributed by atoms with Gasteiger partial charge in [0.15, 0.2) is 5.82 Å². The summed E-state index contributed by atoms with van der Waals surface area (Å²) in [5, 5.41) is 12.7. The zero-order valence-corrected chi connectivity index (χ0v) is 18.5. The first kappa shape index (κ1) is 21.0. The minimum Gasteiger partial charge on any atom is -0.328 e. The summed E-state index contributed by atoms with van der Waals surface area (Å²) < 4.78 is 30.2. The summed E-state index contributed by atoms with van der Waals surface area (Å²) in [5.74, 6) is 1.78. The minimum atomic E-state index is -3.21. The molecule has 2 aromatic rings. The Hall–Kier alpha value is -2.27. The zero-order chi connectivity index (χ0) is 21.5. The second-order valence-corrected chi connectivity index (χ2v) is 10.7. The molecule has 4 heterocycles. The van der Waals surface area contributed by atoms with Gasteiger partial charge in [-0.3, -0.25) is 9.48 Å². The fourth-order valence-electron chi connectivity index (χ4n) is 4.14. The van der Waals surface area contributed by atoms with E-state index in [-0.39, 0.29) is 11.8 Å². The zero-order valence-electron chi connectivity index (χ0n) is 17.7. The van der Waals surface area contributed by atoms with Crippen LogP contribution >= 0.6 is 0 Å². The van der Waals surface area contributed by atoms with Gasteiger partial charge in [0.2, 0.25) is 10.0 Å². The molecule has 10 nitrogen and oxygen atoms in total. The Morgan fingerprint density at radius 2 is 1.90 bits per heavy atom. The molecule has 0 atom stereocenters. The van der Waals surface area contributed by atoms with Crippen molar-refractivity contribution in [2.75, 3.05) is 19.6 Å². The Kier molecular flexibility index (Phi) is 5.67. The summed E-state index contributed by atoms with van der Waals surface area (Å²) in [4.78, 5) is 14.5. The van der Waals surface area contributed by atoms with Gasteiger partial charge in [-0.25, -0.2) is 12.7 Å². The smallest absolute Gasteiger partial charge is 0.274 e. The number of amides is 1. The quantitative estimate of drug-likeness (QED) is 0.695. The van der Waals surface area contributed by atoms with Crippen LogP contribution in [0.2, 0.25) is 0 Å². The maximum absolute atomic E-state index is 12.8. The number of aromatic nitrogens is 5. The van der Waals surface area contributed by atoms with E-state index in [4.69, 9.17) is 0 Å². The third-order valence-electron chi connectivity index (χ3n) is 6.03. The van der Waals surface area contributed by atoms with Crippen molar-refractivity contribution in [3.05, 3.63) is 29.6 Å². The number of aryl methyl sites for hydroxylation is 1. The highest BCUT2D eigenvalue weighted by atomic mass is 32.2. The highest BCUT2D eigenvalue weighted by Gasteiger charge is 2.34. The first-order valence-corrected chi connectivity index (χ1v) is 12.0. The predicted octanol–water partition coefficient (Wildman–Crippen LogP) is 1.07. The van der Waals surface area contributed by atoms with E-state index in [9.17, 15) is 13.2 Å². The van der Waals surface area contributed by atoms with Gasteiger partial charge in [0.05, 0.1) is 11.8 Å². The number of carbonyl (C=O) groups is 1. The topological polar surface area (TPSA) is 106 Å². The normalized spacial score (nSPS) is 18.7. The van der Waals surface area contributed by atoms with E-state index < -0.39 is 15.3 Å². The van der Waals surface area contributed by atoms with Crippen molar-refractivity contribution in [1.29, 1.82) is 0 Å². The van der Waals surface area contributed by atoms with Crippen molar-refractivity contribution >= 4 is 15.9 Å². The predicted molar refractivity (Wildman–Crippen MR) is 110 cm³/mol. The summed E-state index contributed by atoms with van der Waals surface area (Å²) in [6.07, 6.45) is 3.28. The van der Waals surface area contributed by atoms with E-state index in [0.29, 0.717) is 38.4 Å². The lowest BCUT2D eigenvalue weighted by molar-refractivity contribution is 0.0698. The number of piperidine rings is 1. The Morgan fingerprint density at radius 1 is 1.17 bits per heavy atom. The Morgan fingerprint density at radius 3 is 2.53 bits per heavy atom. The number of rotatable bonds is 5. The number of fused-ring (bicyclic) bond motifs is 1. The largest absolute Gasteiger partial charge is 0.328 e. The summed E-state index contributed by atoms with van der Waals surface area (Å²) in [5.41, 5.74) is 0.448. The standard InChI is InChI=1S/C19H29N7O3S/c1-4-24-8-7-16(22-24)19(27)23-11-12-26-17(13-23)20-21-18(26)15-5-9-25(10-6-15)30(28,29)14(2)3/h7-8,14-15H,4-6,9-13H2,1-3H3. The molecule has 1 amide bonds. The average molecular weight is 436 g/mol. The molecule has 1 saturated heterocycles. The molecule has 11 heteroatoms. The van der Waals surface area contributed by atoms with E-state index in [1.54, 1.807) is 33.8 Å². The second-order valence-electron chi connectivity index (χ2n) is 8.18. The fraction of sp³-hybridized carbons (Fsp3) is 0.684. The van der Waals surface area contributed by atoms with Crippen LogP contribution < -0.4 is 0 Å². The molecule has 0 saturated carbocycles. The van der Waals surface area contributed by atoms with E-state index in [0.717, 1.165) is 31.0 Å². The molecule has 2 aliphatic rings. The molecular weight excluding hydrogens is 406 g/mol. The maximum atomic E-state index is 12.8. The van der Waals surface area contributed by atoms with Crippen LogP contribution in [-0.2, 0) is 29.7 Å². The van der Waals surface area contributed by atoms with Gasteiger partial charge < -0.3 is 9.47 Å². The lowest BCUT2D eigenvalue weighted by atomic mass is 9.97. The van der Waals surface area contributed by atoms with Crippen molar-refractivity contribution in [3.63, 3.8) is 0 Å². The van der Waals surface area contributed by atoms with Crippen LogP contribution in [0.15, 0.2) is 12.3 Å². The molecule has 0 N–H and O–H groups in total. The van der Waals surface area contributed by atoms with Crippen LogP contribution in [0.25, 0.3) is 0 Å². The van der Waals surface area contributed by atoms with Crippen molar-refractivity contribution in [3.8, 4) is 0 Å². The molecule has 1 fully saturated rings. The van der Waals surface area contributed by atoms with Crippen LogP contribution in [0.4, 0.5) is 0 Å². The van der Waals surface area contributed by atoms with Crippen LogP contribution in [0.1, 0.15) is 61.7 Å². The van der Waals surface area contributed by atoms with Gasteiger partial charge in [-0.1, -0.05) is 0 Å². The Balaban J connectivity index is 1.42. The highest BCUT2D eigenvalue weighted by Crippen LogP contribution is 2.30. The molecule has 164 valence electrons. The van der Waals surface area contributed by atoms with Crippen LogP contribution in [-0.4, -0.2) is 73.0 Å². The average Bonchev–Trinajstić information content (AvgIpc) is 3.39. The van der Waals surface area contributed by atoms with Crippen LogP contribution in [0.3, 0.4) is 0 Å². The number of carbonyl (C=O) groups excluding carboxylic acids is 1. The molecule has 0 radical (unpaired) electrons. The molecule has 0 aliphatic carbocycles. The number of sulfonamides is 1. The molecule has 30 heavy (non-hydrogen) atoms. The number of hydrogen-bond acceptors (Lipinski definition) is 6. The Labute approximate surface area is 176 Å². The molecule has 0 aromatic carbocycles. The van der Waals surface area contributed by atoms with E-state index >= 15 is 0 Å². The van der Waals surface area contributed by atoms with Gasteiger partial charge in [-0.2, -0.15) is 5.10 Å². The van der Waals surface area contributed by atoms with Crippen LogP contribution in [0.5, 0.6) is 0 Å². The SMILES string of the molecule is CCn1ccc(C(=O)N2CCn3c(nnc3C3CCN(S(=O)(=O)C(C)C)CC3)C2)n1. The van der Waals surface area contributed by atoms with Crippen LogP contribution in [0, 0.1) is 0 Å². The van der Waals surface area contributed by atoms with Crippen molar-refractivity contribution in [2.45, 2.75) is 64.4 Å². The fourth-order valence-corrected chi connectivity index (χ4v) is 5.45. The van der Waals surface area contributed by atoms with Crippen molar-refractivity contribution < 1.29 is 13.2 Å². The van der Waals surface area contributed by atoms with Crippen molar-refractivity contribution in [2.24, 2.45) is 0 Å². The molecule has 2 aliphatic heterocycles. The lowest BCUT2D eigenvalue weighted by Crippen LogP contribution is -2.42. The van der Waals surface area contributed by atoms with E-state index in [1.165, 1.54) is 0 Å². The lowest BCUT2D eigenvalue weighted by Gasteiger charge is -2.33. The van der Waals surface area contributed by atoms with Gasteiger partial charge in [0.1, 0.15) is 11.5 Å². The van der Waals surface area contributed by atoms with Gasteiger partial charge >= 0.3 is 0 Å². The molecule has 2 aromatic heterocycles. The molecule has 0 spiro atoms. The maximum Gasteiger partial charge on any atom is 0.274 e. The number of nitrogens with zero attached hydrogens (tertiary/aromatic N) is 7. The van der Waals surface area contributed by atoms with Crippen molar-refractivity contribution in [1.82, 2.24) is 33.8 Å². The van der Waals surface area contributed by atoms with Gasteiger partial charge in [0, 0.05) is 44.8 Å². The second kappa shape index (κ2) is 8.10. The van der Waals surface area contributed by atoms with E-state index in [1.807, 2.05) is 13.1 Å². The molecular formula is C19H29N7O3S.